The average Bonchev–Trinajstić information content (AvgIpc) is 3.41. The van der Waals surface area contributed by atoms with Crippen LogP contribution < -0.4 is 14.9 Å². The summed E-state index contributed by atoms with van der Waals surface area (Å²) in [6, 6.07) is 30.8. The lowest BCUT2D eigenvalue weighted by Gasteiger charge is -2.14. The number of carbonyl (C=O) groups excluding carboxylic acids is 1. The van der Waals surface area contributed by atoms with Gasteiger partial charge >= 0.3 is 5.97 Å². The standard InChI is InChI=1S/C35H28N2O6/c1-21-12-14-26(15-13-21)37-28(25-11-7-8-22(2)16-25)19-33(36-37)43-35(40)23(3)41-27-17-29(38)34-30(39)20-31(42-32(34)18-27)24-9-5-4-6-10-24/h4-20,23,38H,1-3H3. The number of ether oxygens (including phenoxy) is 2. The third kappa shape index (κ3) is 5.76. The molecule has 0 amide bonds. The minimum atomic E-state index is -1.08. The zero-order valence-electron chi connectivity index (χ0n) is 23.8. The van der Waals surface area contributed by atoms with Crippen LogP contribution in [0.4, 0.5) is 0 Å². The van der Waals surface area contributed by atoms with Gasteiger partial charge in [-0.15, -0.1) is 5.10 Å². The van der Waals surface area contributed by atoms with Gasteiger partial charge in [0.05, 0.1) is 11.4 Å². The Balaban J connectivity index is 1.27. The molecule has 6 aromatic rings. The number of aryl methyl sites for hydroxylation is 2. The fourth-order valence-corrected chi connectivity index (χ4v) is 4.80. The van der Waals surface area contributed by atoms with Crippen molar-refractivity contribution in [1.82, 2.24) is 9.78 Å². The number of phenols is 1. The molecule has 2 aromatic heterocycles. The minimum Gasteiger partial charge on any atom is -0.507 e. The van der Waals surface area contributed by atoms with Gasteiger partial charge in [-0.1, -0.05) is 71.8 Å². The van der Waals surface area contributed by atoms with Crippen molar-refractivity contribution in [2.24, 2.45) is 0 Å². The lowest BCUT2D eigenvalue weighted by atomic mass is 10.1. The van der Waals surface area contributed by atoms with E-state index in [0.29, 0.717) is 11.3 Å². The van der Waals surface area contributed by atoms with Crippen LogP contribution in [0.3, 0.4) is 0 Å². The van der Waals surface area contributed by atoms with E-state index < -0.39 is 17.5 Å². The van der Waals surface area contributed by atoms with E-state index in [-0.39, 0.29) is 28.3 Å². The predicted molar refractivity (Wildman–Crippen MR) is 164 cm³/mol. The Labute approximate surface area is 247 Å². The van der Waals surface area contributed by atoms with Gasteiger partial charge in [-0.2, -0.15) is 0 Å². The number of nitrogens with zero attached hydrogens (tertiary/aromatic N) is 2. The van der Waals surface area contributed by atoms with Crippen molar-refractivity contribution in [3.63, 3.8) is 0 Å². The Morgan fingerprint density at radius 1 is 0.860 bits per heavy atom. The molecular formula is C35H28N2O6. The van der Waals surface area contributed by atoms with Gasteiger partial charge in [-0.05, 0) is 39.0 Å². The summed E-state index contributed by atoms with van der Waals surface area (Å²) < 4.78 is 19.1. The second kappa shape index (κ2) is 11.3. The molecule has 0 saturated heterocycles. The lowest BCUT2D eigenvalue weighted by Crippen LogP contribution is -2.28. The van der Waals surface area contributed by atoms with Crippen molar-refractivity contribution < 1.29 is 23.8 Å². The lowest BCUT2D eigenvalue weighted by molar-refractivity contribution is -0.141. The van der Waals surface area contributed by atoms with Gasteiger partial charge in [0.15, 0.2) is 11.5 Å². The summed E-state index contributed by atoms with van der Waals surface area (Å²) in [5.74, 6) is -0.425. The highest BCUT2D eigenvalue weighted by atomic mass is 16.6. The largest absolute Gasteiger partial charge is 0.507 e. The van der Waals surface area contributed by atoms with Crippen molar-refractivity contribution in [3.8, 4) is 45.6 Å². The number of hydrogen-bond acceptors (Lipinski definition) is 7. The topological polar surface area (TPSA) is 104 Å². The van der Waals surface area contributed by atoms with E-state index in [1.54, 1.807) is 10.7 Å². The number of carbonyl (C=O) groups is 1. The first-order chi connectivity index (χ1) is 20.7. The number of fused-ring (bicyclic) bond motifs is 1. The number of rotatable bonds is 7. The molecule has 214 valence electrons. The zero-order chi connectivity index (χ0) is 30.1. The number of phenolic OH excluding ortho intramolecular Hbond substituents is 1. The van der Waals surface area contributed by atoms with Crippen molar-refractivity contribution in [3.05, 3.63) is 124 Å². The Kier molecular flexibility index (Phi) is 7.26. The van der Waals surface area contributed by atoms with Crippen LogP contribution in [-0.2, 0) is 4.79 Å². The summed E-state index contributed by atoms with van der Waals surface area (Å²) in [5.41, 5.74) is 5.12. The van der Waals surface area contributed by atoms with Crippen LogP contribution in [0.5, 0.6) is 17.4 Å². The SMILES string of the molecule is Cc1ccc(-n2nc(OC(=O)C(C)Oc3cc(O)c4c(=O)cc(-c5ccccc5)oc4c3)cc2-c2cccc(C)c2)cc1. The summed E-state index contributed by atoms with van der Waals surface area (Å²) in [7, 11) is 0. The molecule has 1 atom stereocenters. The summed E-state index contributed by atoms with van der Waals surface area (Å²) in [5, 5.41) is 15.2. The van der Waals surface area contributed by atoms with E-state index in [0.717, 1.165) is 28.1 Å². The maximum atomic E-state index is 13.1. The Morgan fingerprint density at radius 2 is 1.60 bits per heavy atom. The fraction of sp³-hybridized carbons (Fsp3) is 0.114. The van der Waals surface area contributed by atoms with Crippen molar-refractivity contribution in [2.75, 3.05) is 0 Å². The van der Waals surface area contributed by atoms with Crippen molar-refractivity contribution >= 4 is 16.9 Å². The number of esters is 1. The normalized spacial score (nSPS) is 11.8. The van der Waals surface area contributed by atoms with Gasteiger partial charge in [0.25, 0.3) is 0 Å². The van der Waals surface area contributed by atoms with E-state index >= 15 is 0 Å². The predicted octanol–water partition coefficient (Wildman–Crippen LogP) is 7.01. The van der Waals surface area contributed by atoms with Crippen LogP contribution >= 0.6 is 0 Å². The second-order valence-electron chi connectivity index (χ2n) is 10.3. The van der Waals surface area contributed by atoms with Crippen LogP contribution in [0.1, 0.15) is 18.1 Å². The summed E-state index contributed by atoms with van der Waals surface area (Å²) in [4.78, 5) is 25.9. The van der Waals surface area contributed by atoms with Crippen LogP contribution in [0.25, 0.3) is 39.2 Å². The molecule has 0 aliphatic carbocycles. The first-order valence-electron chi connectivity index (χ1n) is 13.7. The second-order valence-corrected chi connectivity index (χ2v) is 10.3. The van der Waals surface area contributed by atoms with Crippen LogP contribution in [0.2, 0.25) is 0 Å². The van der Waals surface area contributed by atoms with Crippen molar-refractivity contribution in [2.45, 2.75) is 26.9 Å². The first kappa shape index (κ1) is 27.5. The van der Waals surface area contributed by atoms with Crippen molar-refractivity contribution in [1.29, 1.82) is 0 Å². The van der Waals surface area contributed by atoms with Gasteiger partial charge in [0, 0.05) is 35.4 Å². The smallest absolute Gasteiger partial charge is 0.353 e. The molecule has 0 fully saturated rings. The van der Waals surface area contributed by atoms with E-state index in [1.165, 1.54) is 25.1 Å². The Bertz CT molecular complexity index is 2010. The molecule has 1 N–H and O–H groups in total. The highest BCUT2D eigenvalue weighted by Crippen LogP contribution is 2.32. The molecule has 8 heteroatoms. The summed E-state index contributed by atoms with van der Waals surface area (Å²) >= 11 is 0. The third-order valence-corrected chi connectivity index (χ3v) is 6.97. The number of benzene rings is 4. The maximum absolute atomic E-state index is 13.1. The summed E-state index contributed by atoms with van der Waals surface area (Å²) in [6.45, 7) is 5.54. The number of aromatic nitrogens is 2. The van der Waals surface area contributed by atoms with Gasteiger partial charge < -0.3 is 19.0 Å². The third-order valence-electron chi connectivity index (χ3n) is 6.97. The molecule has 0 aliphatic rings. The van der Waals surface area contributed by atoms with E-state index in [4.69, 9.17) is 13.9 Å². The maximum Gasteiger partial charge on any atom is 0.353 e. The molecule has 1 unspecified atom stereocenters. The van der Waals surface area contributed by atoms with Crippen LogP contribution in [0, 0.1) is 13.8 Å². The monoisotopic (exact) mass is 572 g/mol. The Morgan fingerprint density at radius 3 is 2.35 bits per heavy atom. The molecule has 0 spiro atoms. The fourth-order valence-electron chi connectivity index (χ4n) is 4.80. The minimum absolute atomic E-state index is 0.0209. The first-order valence-corrected chi connectivity index (χ1v) is 13.7. The Hall–Kier alpha value is -5.63. The van der Waals surface area contributed by atoms with E-state index in [2.05, 4.69) is 5.10 Å². The van der Waals surface area contributed by atoms with Crippen LogP contribution in [-0.4, -0.2) is 27.0 Å². The molecule has 4 aromatic carbocycles. The molecule has 0 aliphatic heterocycles. The molecule has 43 heavy (non-hydrogen) atoms. The molecule has 2 heterocycles. The molecule has 8 nitrogen and oxygen atoms in total. The quantitative estimate of drug-likeness (QED) is 0.205. The van der Waals surface area contributed by atoms with E-state index in [9.17, 15) is 14.7 Å². The van der Waals surface area contributed by atoms with Gasteiger partial charge in [0.1, 0.15) is 28.2 Å². The van der Waals surface area contributed by atoms with Crippen LogP contribution in [0.15, 0.2) is 112 Å². The van der Waals surface area contributed by atoms with Gasteiger partial charge in [-0.3, -0.25) is 4.79 Å². The van der Waals surface area contributed by atoms with Gasteiger partial charge in [-0.25, -0.2) is 9.48 Å². The number of aromatic hydroxyl groups is 1. The molecule has 0 saturated carbocycles. The highest BCUT2D eigenvalue weighted by molar-refractivity contribution is 5.86. The zero-order valence-corrected chi connectivity index (χ0v) is 23.8. The van der Waals surface area contributed by atoms with Gasteiger partial charge in [0.2, 0.25) is 5.88 Å². The average molecular weight is 573 g/mol. The summed E-state index contributed by atoms with van der Waals surface area (Å²) in [6.07, 6.45) is -1.08. The molecule has 0 radical (unpaired) electrons. The van der Waals surface area contributed by atoms with E-state index in [1.807, 2.05) is 92.7 Å². The molecule has 6 rings (SSSR count). The molecule has 0 bridgehead atoms. The highest BCUT2D eigenvalue weighted by Gasteiger charge is 2.22. The number of hydrogen-bond donors (Lipinski definition) is 1. The molecular weight excluding hydrogens is 544 g/mol.